The van der Waals surface area contributed by atoms with Crippen LogP contribution in [0.4, 0.5) is 4.39 Å². The summed E-state index contributed by atoms with van der Waals surface area (Å²) in [7, 11) is 0. The third-order valence-electron chi connectivity index (χ3n) is 3.86. The van der Waals surface area contributed by atoms with Gasteiger partial charge in [-0.3, -0.25) is 9.59 Å². The Morgan fingerprint density at radius 1 is 1.48 bits per heavy atom. The molecule has 2 unspecified atom stereocenters. The van der Waals surface area contributed by atoms with E-state index < -0.39 is 11.7 Å². The third kappa shape index (κ3) is 3.88. The fraction of sp³-hybridized carbons (Fsp3) is 0.500. The molecule has 1 aliphatic rings. The molecule has 0 aromatic heterocycles. The number of halogens is 1. The molecule has 0 spiro atoms. The molecule has 5 heteroatoms. The molecule has 0 saturated carbocycles. The summed E-state index contributed by atoms with van der Waals surface area (Å²) >= 11 is 0. The van der Waals surface area contributed by atoms with Crippen LogP contribution in [0.15, 0.2) is 24.3 Å². The first-order valence-electron chi connectivity index (χ1n) is 7.29. The molecule has 1 aromatic carbocycles. The quantitative estimate of drug-likeness (QED) is 0.862. The summed E-state index contributed by atoms with van der Waals surface area (Å²) < 4.78 is 13.2. The zero-order valence-electron chi connectivity index (χ0n) is 12.4. The second-order valence-corrected chi connectivity index (χ2v) is 5.62. The highest BCUT2D eigenvalue weighted by Crippen LogP contribution is 2.16. The fourth-order valence-corrected chi connectivity index (χ4v) is 2.61. The van der Waals surface area contributed by atoms with Crippen LogP contribution in [0, 0.1) is 11.7 Å². The zero-order chi connectivity index (χ0) is 15.4. The Morgan fingerprint density at radius 3 is 2.90 bits per heavy atom. The standard InChI is InChI=1S/C16H21FN2O2/c1-11(16(21)13-4-3-5-14(17)9-13)8-15(20)19-7-6-18-10-12(19)2/h3-5,9,11-12,18H,6-8,10H2,1-2H3. The van der Waals surface area contributed by atoms with Crippen molar-refractivity contribution in [3.8, 4) is 0 Å². The molecule has 1 heterocycles. The molecule has 0 aliphatic carbocycles. The van der Waals surface area contributed by atoms with Gasteiger partial charge in [-0.15, -0.1) is 0 Å². The van der Waals surface area contributed by atoms with Crippen LogP contribution >= 0.6 is 0 Å². The lowest BCUT2D eigenvalue weighted by Gasteiger charge is -2.34. The van der Waals surface area contributed by atoms with E-state index in [0.29, 0.717) is 12.1 Å². The van der Waals surface area contributed by atoms with Gasteiger partial charge in [-0.1, -0.05) is 19.1 Å². The van der Waals surface area contributed by atoms with Crippen molar-refractivity contribution in [3.63, 3.8) is 0 Å². The molecule has 1 aliphatic heterocycles. The molecule has 1 N–H and O–H groups in total. The van der Waals surface area contributed by atoms with Crippen LogP contribution < -0.4 is 5.32 Å². The minimum absolute atomic E-state index is 0.0127. The molecule has 0 radical (unpaired) electrons. The van der Waals surface area contributed by atoms with Crippen molar-refractivity contribution in [2.24, 2.45) is 5.92 Å². The van der Waals surface area contributed by atoms with E-state index >= 15 is 0 Å². The summed E-state index contributed by atoms with van der Waals surface area (Å²) in [5, 5.41) is 3.23. The van der Waals surface area contributed by atoms with Crippen LogP contribution in [0.1, 0.15) is 30.6 Å². The van der Waals surface area contributed by atoms with Crippen molar-refractivity contribution in [1.29, 1.82) is 0 Å². The van der Waals surface area contributed by atoms with E-state index in [-0.39, 0.29) is 24.2 Å². The highest BCUT2D eigenvalue weighted by molar-refractivity contribution is 5.99. The maximum absolute atomic E-state index is 13.2. The Kier molecular flexibility index (Phi) is 5.07. The zero-order valence-corrected chi connectivity index (χ0v) is 12.4. The molecule has 114 valence electrons. The first-order valence-corrected chi connectivity index (χ1v) is 7.29. The van der Waals surface area contributed by atoms with Crippen LogP contribution in [0.25, 0.3) is 0 Å². The molecule has 0 bridgehead atoms. The van der Waals surface area contributed by atoms with Crippen molar-refractivity contribution < 1.29 is 14.0 Å². The van der Waals surface area contributed by atoms with E-state index in [1.165, 1.54) is 18.2 Å². The number of hydrogen-bond donors (Lipinski definition) is 1. The van der Waals surface area contributed by atoms with Gasteiger partial charge in [-0.25, -0.2) is 4.39 Å². The molecule has 1 fully saturated rings. The van der Waals surface area contributed by atoms with E-state index in [2.05, 4.69) is 5.32 Å². The second kappa shape index (κ2) is 6.80. The van der Waals surface area contributed by atoms with Crippen LogP contribution in [0.2, 0.25) is 0 Å². The summed E-state index contributed by atoms with van der Waals surface area (Å²) in [5.41, 5.74) is 0.323. The first-order chi connectivity index (χ1) is 9.99. The Labute approximate surface area is 124 Å². The maximum atomic E-state index is 13.2. The fourth-order valence-electron chi connectivity index (χ4n) is 2.61. The summed E-state index contributed by atoms with van der Waals surface area (Å²) in [5.74, 6) is -1.08. The topological polar surface area (TPSA) is 49.4 Å². The Bertz CT molecular complexity index is 533. The van der Waals surface area contributed by atoms with Crippen molar-refractivity contribution >= 4 is 11.7 Å². The average Bonchev–Trinajstić information content (AvgIpc) is 2.46. The number of nitrogens with zero attached hydrogens (tertiary/aromatic N) is 1. The average molecular weight is 292 g/mol. The number of ketones is 1. The summed E-state index contributed by atoms with van der Waals surface area (Å²) in [6.07, 6.45) is 0.166. The molecule has 4 nitrogen and oxygen atoms in total. The van der Waals surface area contributed by atoms with E-state index in [1.807, 2.05) is 11.8 Å². The number of hydrogen-bond acceptors (Lipinski definition) is 3. The van der Waals surface area contributed by atoms with Gasteiger partial charge in [0.1, 0.15) is 5.82 Å². The number of carbonyl (C=O) groups excluding carboxylic acids is 2. The third-order valence-corrected chi connectivity index (χ3v) is 3.86. The number of benzene rings is 1. The van der Waals surface area contributed by atoms with Gasteiger partial charge in [-0.05, 0) is 19.1 Å². The van der Waals surface area contributed by atoms with Gasteiger partial charge in [0.05, 0.1) is 0 Å². The van der Waals surface area contributed by atoms with Crippen LogP contribution in [-0.4, -0.2) is 42.3 Å². The van der Waals surface area contributed by atoms with Crippen LogP contribution in [-0.2, 0) is 4.79 Å². The smallest absolute Gasteiger partial charge is 0.223 e. The minimum atomic E-state index is -0.443. The Morgan fingerprint density at radius 2 is 2.24 bits per heavy atom. The largest absolute Gasteiger partial charge is 0.337 e. The summed E-state index contributed by atoms with van der Waals surface area (Å²) in [6, 6.07) is 5.75. The van der Waals surface area contributed by atoms with Crippen molar-refractivity contribution in [2.75, 3.05) is 19.6 Å². The van der Waals surface area contributed by atoms with Crippen LogP contribution in [0.5, 0.6) is 0 Å². The van der Waals surface area contributed by atoms with Gasteiger partial charge in [0.2, 0.25) is 5.91 Å². The van der Waals surface area contributed by atoms with E-state index in [1.54, 1.807) is 13.0 Å². The molecule has 2 atom stereocenters. The number of piperazine rings is 1. The lowest BCUT2D eigenvalue weighted by molar-refractivity contribution is -0.134. The lowest BCUT2D eigenvalue weighted by atomic mass is 9.95. The van der Waals surface area contributed by atoms with Gasteiger partial charge in [0.15, 0.2) is 5.78 Å². The minimum Gasteiger partial charge on any atom is -0.337 e. The number of carbonyl (C=O) groups is 2. The molecule has 2 rings (SSSR count). The molecule has 1 aromatic rings. The van der Waals surface area contributed by atoms with Crippen molar-refractivity contribution in [1.82, 2.24) is 10.2 Å². The predicted octanol–water partition coefficient (Wildman–Crippen LogP) is 1.85. The first kappa shape index (κ1) is 15.6. The maximum Gasteiger partial charge on any atom is 0.223 e. The van der Waals surface area contributed by atoms with Crippen molar-refractivity contribution in [2.45, 2.75) is 26.3 Å². The van der Waals surface area contributed by atoms with E-state index in [4.69, 9.17) is 0 Å². The highest BCUT2D eigenvalue weighted by Gasteiger charge is 2.26. The molecular formula is C16H21FN2O2. The number of amides is 1. The Hall–Kier alpha value is -1.75. The van der Waals surface area contributed by atoms with Gasteiger partial charge in [0, 0.05) is 43.6 Å². The molecular weight excluding hydrogens is 271 g/mol. The number of nitrogens with one attached hydrogen (secondary N) is 1. The van der Waals surface area contributed by atoms with Crippen molar-refractivity contribution in [3.05, 3.63) is 35.6 Å². The summed E-state index contributed by atoms with van der Waals surface area (Å²) in [4.78, 5) is 26.4. The van der Waals surface area contributed by atoms with Gasteiger partial charge in [-0.2, -0.15) is 0 Å². The van der Waals surface area contributed by atoms with Gasteiger partial charge >= 0.3 is 0 Å². The van der Waals surface area contributed by atoms with Gasteiger partial charge in [0.25, 0.3) is 0 Å². The second-order valence-electron chi connectivity index (χ2n) is 5.62. The Balaban J connectivity index is 1.98. The molecule has 1 saturated heterocycles. The van der Waals surface area contributed by atoms with E-state index in [9.17, 15) is 14.0 Å². The highest BCUT2D eigenvalue weighted by atomic mass is 19.1. The predicted molar refractivity (Wildman–Crippen MR) is 78.6 cm³/mol. The SMILES string of the molecule is CC(CC(=O)N1CCNCC1C)C(=O)c1cccc(F)c1. The normalized spacial score (nSPS) is 20.1. The number of Topliss-reactive ketones (excluding diaryl/α,β-unsaturated/α-hetero) is 1. The summed E-state index contributed by atoms with van der Waals surface area (Å²) in [6.45, 7) is 5.93. The number of rotatable bonds is 4. The monoisotopic (exact) mass is 292 g/mol. The lowest BCUT2D eigenvalue weighted by Crippen LogP contribution is -2.52. The van der Waals surface area contributed by atoms with E-state index in [0.717, 1.165) is 13.1 Å². The van der Waals surface area contributed by atoms with Gasteiger partial charge < -0.3 is 10.2 Å². The molecule has 21 heavy (non-hydrogen) atoms. The molecule has 1 amide bonds. The van der Waals surface area contributed by atoms with Crippen LogP contribution in [0.3, 0.4) is 0 Å².